The molecule has 0 radical (unpaired) electrons. The van der Waals surface area contributed by atoms with Crippen molar-refractivity contribution in [2.24, 2.45) is 0 Å². The Balaban J connectivity index is 2.57. The van der Waals surface area contributed by atoms with Crippen molar-refractivity contribution in [1.29, 1.82) is 0 Å². The lowest BCUT2D eigenvalue weighted by molar-refractivity contribution is 0.128. The molecule has 1 aromatic carbocycles. The van der Waals surface area contributed by atoms with Gasteiger partial charge in [0.25, 0.3) is 0 Å². The van der Waals surface area contributed by atoms with E-state index in [4.69, 9.17) is 0 Å². The van der Waals surface area contributed by atoms with Gasteiger partial charge in [-0.3, -0.25) is 0 Å². The van der Waals surface area contributed by atoms with E-state index in [0.717, 1.165) is 32.2 Å². The van der Waals surface area contributed by atoms with Crippen molar-refractivity contribution in [2.75, 3.05) is 31.5 Å². The predicted molar refractivity (Wildman–Crippen MR) is 91.8 cm³/mol. The van der Waals surface area contributed by atoms with E-state index in [-0.39, 0.29) is 6.10 Å². The first-order valence-corrected chi connectivity index (χ1v) is 8.64. The molecule has 2 N–H and O–H groups in total. The van der Waals surface area contributed by atoms with E-state index in [1.54, 1.807) is 0 Å². The van der Waals surface area contributed by atoms with E-state index in [0.29, 0.717) is 13.1 Å². The maximum absolute atomic E-state index is 10.0. The second-order valence-corrected chi connectivity index (χ2v) is 6.89. The molecule has 0 saturated carbocycles. The lowest BCUT2D eigenvalue weighted by atomic mass is 10.2. The molecule has 1 aromatic rings. The molecule has 1 atom stereocenters. The van der Waals surface area contributed by atoms with Gasteiger partial charge in [0.15, 0.2) is 0 Å². The van der Waals surface area contributed by atoms with Crippen LogP contribution in [-0.2, 0) is 0 Å². The largest absolute Gasteiger partial charge is 0.390 e. The average molecular weight is 459 g/mol. The molecule has 0 bridgehead atoms. The van der Waals surface area contributed by atoms with E-state index in [2.05, 4.69) is 71.9 Å². The third kappa shape index (κ3) is 5.71. The molecule has 1 unspecified atom stereocenters. The summed E-state index contributed by atoms with van der Waals surface area (Å²) in [5, 5.41) is 13.3. The number of likely N-dealkylation sites (N-methyl/N-ethyl adjacent to an activating group) is 1. The van der Waals surface area contributed by atoms with Crippen molar-refractivity contribution >= 4 is 53.5 Å². The minimum absolute atomic E-state index is 0.387. The zero-order valence-corrected chi connectivity index (χ0v) is 15.8. The fourth-order valence-electron chi connectivity index (χ4n) is 1.78. The molecule has 19 heavy (non-hydrogen) atoms. The Bertz CT molecular complexity index is 388. The van der Waals surface area contributed by atoms with Gasteiger partial charge < -0.3 is 15.3 Å². The summed E-state index contributed by atoms with van der Waals surface area (Å²) in [6, 6.07) is 3.95. The number of hydrogen-bond donors (Lipinski definition) is 2. The van der Waals surface area contributed by atoms with Gasteiger partial charge in [0.2, 0.25) is 0 Å². The molecule has 0 aromatic heterocycles. The molecule has 1 rings (SSSR count). The van der Waals surface area contributed by atoms with Gasteiger partial charge in [0.1, 0.15) is 0 Å². The topological polar surface area (TPSA) is 35.5 Å². The molecule has 0 fully saturated rings. The minimum atomic E-state index is -0.387. The van der Waals surface area contributed by atoms with Crippen molar-refractivity contribution in [3.05, 3.63) is 25.6 Å². The van der Waals surface area contributed by atoms with Crippen molar-refractivity contribution in [3.63, 3.8) is 0 Å². The first-order chi connectivity index (χ1) is 8.97. The number of hydrogen-bond acceptors (Lipinski definition) is 3. The number of halogens is 3. The lowest BCUT2D eigenvalue weighted by Crippen LogP contribution is -2.36. The average Bonchev–Trinajstić information content (AvgIpc) is 2.34. The van der Waals surface area contributed by atoms with Crippen molar-refractivity contribution < 1.29 is 5.11 Å². The number of anilines is 1. The SMILES string of the molecule is CCN(CC)CC(O)CNc1c(Br)cc(Br)cc1Br. The van der Waals surface area contributed by atoms with Crippen LogP contribution in [0.2, 0.25) is 0 Å². The molecular weight excluding hydrogens is 440 g/mol. The van der Waals surface area contributed by atoms with E-state index in [1.165, 1.54) is 0 Å². The normalized spacial score (nSPS) is 12.8. The van der Waals surface area contributed by atoms with Gasteiger partial charge in [-0.1, -0.05) is 29.8 Å². The van der Waals surface area contributed by atoms with E-state index in [1.807, 2.05) is 12.1 Å². The Morgan fingerprint density at radius 2 is 1.68 bits per heavy atom. The Morgan fingerprint density at radius 3 is 2.16 bits per heavy atom. The molecular formula is C13H19Br3N2O. The van der Waals surface area contributed by atoms with Gasteiger partial charge in [-0.15, -0.1) is 0 Å². The van der Waals surface area contributed by atoms with Crippen LogP contribution in [0.4, 0.5) is 5.69 Å². The summed E-state index contributed by atoms with van der Waals surface area (Å²) in [6.45, 7) is 7.33. The van der Waals surface area contributed by atoms with Gasteiger partial charge in [0, 0.05) is 26.5 Å². The molecule has 0 saturated heterocycles. The van der Waals surface area contributed by atoms with Crippen LogP contribution in [0.1, 0.15) is 13.8 Å². The summed E-state index contributed by atoms with van der Waals surface area (Å²) in [4.78, 5) is 2.21. The molecule has 108 valence electrons. The van der Waals surface area contributed by atoms with Crippen LogP contribution in [0, 0.1) is 0 Å². The first-order valence-electron chi connectivity index (χ1n) is 6.26. The molecule has 3 nitrogen and oxygen atoms in total. The number of nitrogens with one attached hydrogen (secondary N) is 1. The number of aliphatic hydroxyl groups excluding tert-OH is 1. The van der Waals surface area contributed by atoms with E-state index < -0.39 is 0 Å². The van der Waals surface area contributed by atoms with Gasteiger partial charge in [-0.05, 0) is 57.1 Å². The maximum Gasteiger partial charge on any atom is 0.0839 e. The zero-order valence-electron chi connectivity index (χ0n) is 11.1. The van der Waals surface area contributed by atoms with Gasteiger partial charge in [-0.25, -0.2) is 0 Å². The van der Waals surface area contributed by atoms with Crippen LogP contribution in [0.15, 0.2) is 25.6 Å². The molecule has 0 aliphatic heterocycles. The quantitative estimate of drug-likeness (QED) is 0.646. The standard InChI is InChI=1S/C13H19Br3N2O/c1-3-18(4-2)8-10(19)7-17-13-11(15)5-9(14)6-12(13)16/h5-6,10,17,19H,3-4,7-8H2,1-2H3. The first kappa shape index (κ1) is 17.4. The van der Waals surface area contributed by atoms with Crippen LogP contribution in [-0.4, -0.2) is 42.3 Å². The van der Waals surface area contributed by atoms with Crippen molar-refractivity contribution in [2.45, 2.75) is 20.0 Å². The minimum Gasteiger partial charge on any atom is -0.390 e. The highest BCUT2D eigenvalue weighted by atomic mass is 79.9. The Labute approximate surface area is 140 Å². The highest BCUT2D eigenvalue weighted by Crippen LogP contribution is 2.34. The second-order valence-electron chi connectivity index (χ2n) is 4.27. The van der Waals surface area contributed by atoms with Crippen LogP contribution >= 0.6 is 47.8 Å². The van der Waals surface area contributed by atoms with Crippen LogP contribution in [0.25, 0.3) is 0 Å². The zero-order chi connectivity index (χ0) is 14.4. The Hall–Kier alpha value is 0.380. The summed E-state index contributed by atoms with van der Waals surface area (Å²) in [5.41, 5.74) is 0.960. The summed E-state index contributed by atoms with van der Waals surface area (Å²) in [6.07, 6.45) is -0.387. The molecule has 0 heterocycles. The van der Waals surface area contributed by atoms with Gasteiger partial charge >= 0.3 is 0 Å². The third-order valence-corrected chi connectivity index (χ3v) is 4.59. The highest BCUT2D eigenvalue weighted by Gasteiger charge is 2.11. The smallest absolute Gasteiger partial charge is 0.0839 e. The predicted octanol–water partition coefficient (Wildman–Crippen LogP) is 4.09. The number of aliphatic hydroxyl groups is 1. The Kier molecular flexibility index (Phi) is 7.91. The summed E-state index contributed by atoms with van der Waals surface area (Å²) in [7, 11) is 0. The summed E-state index contributed by atoms with van der Waals surface area (Å²) < 4.78 is 2.92. The van der Waals surface area contributed by atoms with E-state index >= 15 is 0 Å². The molecule has 0 amide bonds. The molecule has 0 aliphatic rings. The van der Waals surface area contributed by atoms with Gasteiger partial charge in [0.05, 0.1) is 11.8 Å². The van der Waals surface area contributed by atoms with E-state index in [9.17, 15) is 5.11 Å². The molecule has 0 spiro atoms. The maximum atomic E-state index is 10.0. The third-order valence-electron chi connectivity index (χ3n) is 2.88. The van der Waals surface area contributed by atoms with Crippen molar-refractivity contribution in [3.8, 4) is 0 Å². The number of nitrogens with zero attached hydrogens (tertiary/aromatic N) is 1. The van der Waals surface area contributed by atoms with Gasteiger partial charge in [-0.2, -0.15) is 0 Å². The van der Waals surface area contributed by atoms with Crippen LogP contribution < -0.4 is 5.32 Å². The Morgan fingerprint density at radius 1 is 1.16 bits per heavy atom. The van der Waals surface area contributed by atoms with Crippen LogP contribution in [0.5, 0.6) is 0 Å². The van der Waals surface area contributed by atoms with Crippen molar-refractivity contribution in [1.82, 2.24) is 4.90 Å². The fourth-order valence-corrected chi connectivity index (χ4v) is 4.31. The molecule has 6 heteroatoms. The summed E-state index contributed by atoms with van der Waals surface area (Å²) in [5.74, 6) is 0. The molecule has 0 aliphatic carbocycles. The number of rotatable bonds is 7. The highest BCUT2D eigenvalue weighted by molar-refractivity contribution is 9.11. The monoisotopic (exact) mass is 456 g/mol. The fraction of sp³-hybridized carbons (Fsp3) is 0.538. The number of benzene rings is 1. The second kappa shape index (κ2) is 8.62. The summed E-state index contributed by atoms with van der Waals surface area (Å²) >= 11 is 10.5. The lowest BCUT2D eigenvalue weighted by Gasteiger charge is -2.22. The van der Waals surface area contributed by atoms with Crippen LogP contribution in [0.3, 0.4) is 0 Å².